The number of hydrogen-bond acceptors (Lipinski definition) is 2. The normalized spacial score (nSPS) is 10.8. The van der Waals surface area contributed by atoms with Crippen LogP contribution in [0.4, 0.5) is 0 Å². The van der Waals surface area contributed by atoms with Crippen LogP contribution in [0.25, 0.3) is 11.4 Å². The number of benzene rings is 1. The summed E-state index contributed by atoms with van der Waals surface area (Å²) in [5, 5.41) is 8.87. The number of halogens is 3. The van der Waals surface area contributed by atoms with Gasteiger partial charge in [-0.1, -0.05) is 11.6 Å². The molecule has 17 heavy (non-hydrogen) atoms. The lowest BCUT2D eigenvalue weighted by Crippen LogP contribution is -2.01. The summed E-state index contributed by atoms with van der Waals surface area (Å²) in [7, 11) is 0. The zero-order valence-corrected chi connectivity index (χ0v) is 12.2. The molecule has 0 N–H and O–H groups in total. The van der Waals surface area contributed by atoms with Gasteiger partial charge in [0.1, 0.15) is 5.82 Å². The van der Waals surface area contributed by atoms with Crippen LogP contribution in [0.5, 0.6) is 0 Å². The molecule has 0 atom stereocenters. The van der Waals surface area contributed by atoms with E-state index in [-0.39, 0.29) is 0 Å². The molecule has 0 fully saturated rings. The summed E-state index contributed by atoms with van der Waals surface area (Å²) in [6.07, 6.45) is 0. The fourth-order valence-corrected chi connectivity index (χ4v) is 2.24. The van der Waals surface area contributed by atoms with Gasteiger partial charge in [-0.25, -0.2) is 0 Å². The predicted molar refractivity (Wildman–Crippen MR) is 73.4 cm³/mol. The highest BCUT2D eigenvalue weighted by Crippen LogP contribution is 2.28. The van der Waals surface area contributed by atoms with E-state index in [9.17, 15) is 0 Å². The second kappa shape index (κ2) is 5.38. The molecule has 0 aliphatic heterocycles. The third kappa shape index (κ3) is 2.49. The molecule has 90 valence electrons. The van der Waals surface area contributed by atoms with Crippen molar-refractivity contribution < 1.29 is 0 Å². The summed E-state index contributed by atoms with van der Waals surface area (Å²) in [6.45, 7) is 2.81. The fraction of sp³-hybridized carbons (Fsp3) is 0.273. The zero-order valence-electron chi connectivity index (χ0n) is 9.12. The van der Waals surface area contributed by atoms with Crippen LogP contribution in [-0.4, -0.2) is 14.8 Å². The van der Waals surface area contributed by atoms with E-state index >= 15 is 0 Å². The minimum atomic E-state index is 0.352. The largest absolute Gasteiger partial charge is 0.310 e. The van der Waals surface area contributed by atoms with Crippen LogP contribution < -0.4 is 0 Å². The van der Waals surface area contributed by atoms with Gasteiger partial charge >= 0.3 is 0 Å². The molecule has 0 unspecified atom stereocenters. The Morgan fingerprint density at radius 3 is 2.71 bits per heavy atom. The van der Waals surface area contributed by atoms with Crippen molar-refractivity contribution in [3.63, 3.8) is 0 Å². The van der Waals surface area contributed by atoms with E-state index in [0.717, 1.165) is 28.2 Å². The molecule has 0 aliphatic rings. The van der Waals surface area contributed by atoms with E-state index < -0.39 is 0 Å². The van der Waals surface area contributed by atoms with Crippen LogP contribution in [0.15, 0.2) is 22.7 Å². The standard InChI is InChI=1S/C11H10BrCl2N3/c1-2-17-10(6-13)15-16-11(17)7-3-4-8(12)9(14)5-7/h3-5H,2,6H2,1H3. The Balaban J connectivity index is 2.52. The maximum Gasteiger partial charge on any atom is 0.164 e. The molecule has 0 radical (unpaired) electrons. The molecule has 0 bridgehead atoms. The highest BCUT2D eigenvalue weighted by atomic mass is 79.9. The van der Waals surface area contributed by atoms with Crippen LogP contribution in [0.2, 0.25) is 5.02 Å². The molecule has 1 aromatic carbocycles. The Bertz CT molecular complexity index is 540. The van der Waals surface area contributed by atoms with Gasteiger partial charge in [-0.2, -0.15) is 0 Å². The first-order chi connectivity index (χ1) is 8.17. The van der Waals surface area contributed by atoms with Gasteiger partial charge in [0.15, 0.2) is 5.82 Å². The molecule has 1 heterocycles. The summed E-state index contributed by atoms with van der Waals surface area (Å²) in [5.74, 6) is 1.91. The van der Waals surface area contributed by atoms with Crippen LogP contribution in [0.1, 0.15) is 12.7 Å². The van der Waals surface area contributed by atoms with Crippen molar-refractivity contribution >= 4 is 39.1 Å². The number of hydrogen-bond donors (Lipinski definition) is 0. The molecule has 0 saturated carbocycles. The predicted octanol–water partition coefficient (Wildman–Crippen LogP) is 4.12. The smallest absolute Gasteiger partial charge is 0.164 e. The Morgan fingerprint density at radius 2 is 2.12 bits per heavy atom. The monoisotopic (exact) mass is 333 g/mol. The van der Waals surface area contributed by atoms with E-state index in [4.69, 9.17) is 23.2 Å². The third-order valence-corrected chi connectivity index (χ3v) is 3.91. The van der Waals surface area contributed by atoms with Crippen molar-refractivity contribution in [1.82, 2.24) is 14.8 Å². The molecular weight excluding hydrogens is 325 g/mol. The Morgan fingerprint density at radius 1 is 1.35 bits per heavy atom. The van der Waals surface area contributed by atoms with Gasteiger partial charge in [-0.15, -0.1) is 21.8 Å². The average Bonchev–Trinajstić information content (AvgIpc) is 2.75. The van der Waals surface area contributed by atoms with Crippen LogP contribution in [0, 0.1) is 0 Å². The number of alkyl halides is 1. The number of aromatic nitrogens is 3. The van der Waals surface area contributed by atoms with Crippen molar-refractivity contribution in [2.75, 3.05) is 0 Å². The van der Waals surface area contributed by atoms with Gasteiger partial charge in [0.05, 0.1) is 10.9 Å². The van der Waals surface area contributed by atoms with Crippen molar-refractivity contribution in [2.24, 2.45) is 0 Å². The lowest BCUT2D eigenvalue weighted by atomic mass is 10.2. The Hall–Kier alpha value is -0.580. The van der Waals surface area contributed by atoms with E-state index in [0.29, 0.717) is 10.9 Å². The second-order valence-electron chi connectivity index (χ2n) is 3.45. The van der Waals surface area contributed by atoms with Crippen LogP contribution >= 0.6 is 39.1 Å². The SMILES string of the molecule is CCn1c(CCl)nnc1-c1ccc(Br)c(Cl)c1. The quantitative estimate of drug-likeness (QED) is 0.790. The van der Waals surface area contributed by atoms with Gasteiger partial charge in [-0.3, -0.25) is 0 Å². The molecule has 2 aromatic rings. The molecule has 0 saturated heterocycles. The maximum atomic E-state index is 6.07. The summed E-state index contributed by atoms with van der Waals surface area (Å²) in [6, 6.07) is 5.71. The highest BCUT2D eigenvalue weighted by Gasteiger charge is 2.12. The molecule has 0 aliphatic carbocycles. The van der Waals surface area contributed by atoms with Crippen molar-refractivity contribution in [3.05, 3.63) is 33.5 Å². The molecule has 0 amide bonds. The zero-order chi connectivity index (χ0) is 12.4. The first-order valence-electron chi connectivity index (χ1n) is 5.10. The first kappa shape index (κ1) is 12.9. The lowest BCUT2D eigenvalue weighted by Gasteiger charge is -2.06. The topological polar surface area (TPSA) is 30.7 Å². The first-order valence-corrected chi connectivity index (χ1v) is 6.81. The molecule has 2 rings (SSSR count). The average molecular weight is 335 g/mol. The van der Waals surface area contributed by atoms with Crippen LogP contribution in [0.3, 0.4) is 0 Å². The second-order valence-corrected chi connectivity index (χ2v) is 4.98. The van der Waals surface area contributed by atoms with Crippen molar-refractivity contribution in [2.45, 2.75) is 19.3 Å². The van der Waals surface area contributed by atoms with Gasteiger partial charge < -0.3 is 4.57 Å². The van der Waals surface area contributed by atoms with Crippen LogP contribution in [-0.2, 0) is 12.4 Å². The summed E-state index contributed by atoms with van der Waals surface area (Å²) >= 11 is 15.2. The molecule has 3 nitrogen and oxygen atoms in total. The lowest BCUT2D eigenvalue weighted by molar-refractivity contribution is 0.731. The van der Waals surface area contributed by atoms with Gasteiger partial charge in [-0.05, 0) is 41.1 Å². The van der Waals surface area contributed by atoms with Gasteiger partial charge in [0, 0.05) is 16.6 Å². The maximum absolute atomic E-state index is 6.07. The van der Waals surface area contributed by atoms with E-state index in [1.165, 1.54) is 0 Å². The summed E-state index contributed by atoms with van der Waals surface area (Å²) < 4.78 is 2.84. The molecule has 0 spiro atoms. The Kier molecular flexibility index (Phi) is 4.07. The van der Waals surface area contributed by atoms with E-state index in [2.05, 4.69) is 26.1 Å². The molecule has 6 heteroatoms. The van der Waals surface area contributed by atoms with E-state index in [1.54, 1.807) is 0 Å². The number of rotatable bonds is 3. The fourth-order valence-electron chi connectivity index (χ4n) is 1.62. The van der Waals surface area contributed by atoms with Crippen molar-refractivity contribution in [3.8, 4) is 11.4 Å². The van der Waals surface area contributed by atoms with E-state index in [1.807, 2.05) is 29.7 Å². The molecule has 1 aromatic heterocycles. The number of nitrogens with zero attached hydrogens (tertiary/aromatic N) is 3. The summed E-state index contributed by atoms with van der Waals surface area (Å²) in [5.41, 5.74) is 0.934. The summed E-state index contributed by atoms with van der Waals surface area (Å²) in [4.78, 5) is 0. The Labute approximate surface area is 118 Å². The highest BCUT2D eigenvalue weighted by molar-refractivity contribution is 9.10. The third-order valence-electron chi connectivity index (χ3n) is 2.44. The minimum Gasteiger partial charge on any atom is -0.310 e. The van der Waals surface area contributed by atoms with Crippen molar-refractivity contribution in [1.29, 1.82) is 0 Å². The van der Waals surface area contributed by atoms with Gasteiger partial charge in [0.25, 0.3) is 0 Å². The van der Waals surface area contributed by atoms with Gasteiger partial charge in [0.2, 0.25) is 0 Å². The molecular formula is C11H10BrCl2N3. The minimum absolute atomic E-state index is 0.352.